The molecule has 1 amide bonds. The minimum atomic E-state index is -0.0971. The second-order valence-corrected chi connectivity index (χ2v) is 9.38. The summed E-state index contributed by atoms with van der Waals surface area (Å²) in [4.78, 5) is 19.3. The summed E-state index contributed by atoms with van der Waals surface area (Å²) in [5.74, 6) is 1.47. The lowest BCUT2D eigenvalue weighted by Gasteiger charge is -2.59. The molecule has 0 bridgehead atoms. The zero-order valence-corrected chi connectivity index (χ0v) is 20.5. The Morgan fingerprint density at radius 3 is 2.36 bits per heavy atom. The molecular weight excluding hydrogens is 467 g/mol. The van der Waals surface area contributed by atoms with E-state index in [0.717, 1.165) is 44.7 Å². The maximum absolute atomic E-state index is 12.8. The van der Waals surface area contributed by atoms with Gasteiger partial charge in [0.1, 0.15) is 0 Å². The normalized spacial score (nSPS) is 33.0. The van der Waals surface area contributed by atoms with Gasteiger partial charge in [-0.15, -0.1) is 24.0 Å². The first-order valence-corrected chi connectivity index (χ1v) is 10.6. The molecule has 1 heterocycles. The Balaban J connectivity index is 0.00000280. The number of rotatable bonds is 4. The third-order valence-corrected chi connectivity index (χ3v) is 7.61. The van der Waals surface area contributed by atoms with E-state index >= 15 is 0 Å². The molecule has 2 saturated carbocycles. The van der Waals surface area contributed by atoms with E-state index in [9.17, 15) is 4.79 Å². The number of likely N-dealkylation sites (tertiary alicyclic amines) is 1. The predicted octanol–water partition coefficient (Wildman–Crippen LogP) is 3.15. The quantitative estimate of drug-likeness (QED) is 0.350. The van der Waals surface area contributed by atoms with Crippen LogP contribution in [0.25, 0.3) is 0 Å². The van der Waals surface area contributed by atoms with E-state index < -0.39 is 0 Å². The van der Waals surface area contributed by atoms with Crippen LogP contribution >= 0.6 is 24.0 Å². The Morgan fingerprint density at radius 1 is 1.11 bits per heavy atom. The van der Waals surface area contributed by atoms with Crippen molar-refractivity contribution in [2.45, 2.75) is 83.4 Å². The van der Waals surface area contributed by atoms with Gasteiger partial charge in [-0.05, 0) is 32.6 Å². The van der Waals surface area contributed by atoms with Crippen LogP contribution in [-0.4, -0.2) is 61.7 Å². The molecular formula is C21H39IN4O2. The molecule has 0 radical (unpaired) electrons. The number of carbonyl (C=O) groups excluding carboxylic acids is 1. The lowest BCUT2D eigenvalue weighted by Crippen LogP contribution is -2.69. The van der Waals surface area contributed by atoms with Crippen molar-refractivity contribution < 1.29 is 9.53 Å². The number of carbonyl (C=O) groups is 1. The molecule has 7 heteroatoms. The van der Waals surface area contributed by atoms with Gasteiger partial charge in [0.25, 0.3) is 0 Å². The zero-order chi connectivity index (χ0) is 19.7. The second-order valence-electron chi connectivity index (χ2n) is 9.38. The van der Waals surface area contributed by atoms with Crippen LogP contribution in [0.1, 0.15) is 65.7 Å². The van der Waals surface area contributed by atoms with E-state index in [1.807, 2.05) is 7.05 Å². The van der Waals surface area contributed by atoms with Crippen molar-refractivity contribution >= 4 is 35.8 Å². The summed E-state index contributed by atoms with van der Waals surface area (Å²) in [6, 6.07) is 0.607. The molecule has 0 spiro atoms. The number of guanidine groups is 1. The number of nitrogens with one attached hydrogen (secondary N) is 2. The number of methoxy groups -OCH3 is 1. The molecule has 3 aliphatic rings. The second kappa shape index (κ2) is 9.49. The Bertz CT molecular complexity index is 577. The topological polar surface area (TPSA) is 66.0 Å². The number of amides is 1. The fourth-order valence-corrected chi connectivity index (χ4v) is 4.94. The van der Waals surface area contributed by atoms with Crippen molar-refractivity contribution in [1.29, 1.82) is 0 Å². The molecule has 28 heavy (non-hydrogen) atoms. The third-order valence-electron chi connectivity index (χ3n) is 7.61. The van der Waals surface area contributed by atoms with Gasteiger partial charge in [-0.25, -0.2) is 0 Å². The molecule has 3 atom stereocenters. The number of hydrogen-bond donors (Lipinski definition) is 2. The molecule has 3 rings (SSSR count). The number of aliphatic imine (C=N–C) groups is 1. The van der Waals surface area contributed by atoms with Gasteiger partial charge in [0.2, 0.25) is 5.91 Å². The summed E-state index contributed by atoms with van der Waals surface area (Å²) in [6.45, 7) is 8.31. The van der Waals surface area contributed by atoms with Crippen molar-refractivity contribution in [3.63, 3.8) is 0 Å². The fourth-order valence-electron chi connectivity index (χ4n) is 4.94. The average Bonchev–Trinajstić information content (AvgIpc) is 3.15. The van der Waals surface area contributed by atoms with Crippen LogP contribution in [-0.2, 0) is 9.53 Å². The zero-order valence-electron chi connectivity index (χ0n) is 18.2. The maximum atomic E-state index is 12.8. The van der Waals surface area contributed by atoms with Gasteiger partial charge in [-0.3, -0.25) is 9.79 Å². The molecule has 162 valence electrons. The Morgan fingerprint density at radius 2 is 1.79 bits per heavy atom. The molecule has 0 aromatic carbocycles. The highest BCUT2D eigenvalue weighted by Crippen LogP contribution is 2.51. The van der Waals surface area contributed by atoms with Gasteiger partial charge in [0.15, 0.2) is 5.96 Å². The molecule has 2 aliphatic carbocycles. The minimum Gasteiger partial charge on any atom is -0.378 e. The highest BCUT2D eigenvalue weighted by Gasteiger charge is 2.58. The van der Waals surface area contributed by atoms with Crippen molar-refractivity contribution in [3.8, 4) is 0 Å². The van der Waals surface area contributed by atoms with Crippen LogP contribution in [0.15, 0.2) is 4.99 Å². The van der Waals surface area contributed by atoms with E-state index in [2.05, 4.69) is 41.3 Å². The van der Waals surface area contributed by atoms with Crippen molar-refractivity contribution in [2.24, 2.45) is 16.3 Å². The van der Waals surface area contributed by atoms with Gasteiger partial charge in [-0.1, -0.05) is 33.1 Å². The summed E-state index contributed by atoms with van der Waals surface area (Å²) < 4.78 is 5.72. The lowest BCUT2D eigenvalue weighted by molar-refractivity contribution is -0.176. The summed E-state index contributed by atoms with van der Waals surface area (Å²) in [5.41, 5.74) is -0.0574. The molecule has 2 N–H and O–H groups in total. The monoisotopic (exact) mass is 506 g/mol. The van der Waals surface area contributed by atoms with Gasteiger partial charge < -0.3 is 20.3 Å². The number of hydrogen-bond acceptors (Lipinski definition) is 3. The largest absolute Gasteiger partial charge is 0.378 e. The van der Waals surface area contributed by atoms with Crippen LogP contribution in [0.4, 0.5) is 0 Å². The first-order chi connectivity index (χ1) is 12.8. The van der Waals surface area contributed by atoms with Crippen molar-refractivity contribution in [1.82, 2.24) is 15.5 Å². The summed E-state index contributed by atoms with van der Waals surface area (Å²) in [6.07, 6.45) is 7.81. The number of nitrogens with zero attached hydrogens (tertiary/aromatic N) is 2. The van der Waals surface area contributed by atoms with Gasteiger partial charge in [-0.2, -0.15) is 0 Å². The van der Waals surface area contributed by atoms with E-state index in [1.165, 1.54) is 19.3 Å². The number of ether oxygens (including phenoxy) is 1. The molecule has 1 aliphatic heterocycles. The Kier molecular flexibility index (Phi) is 8.04. The van der Waals surface area contributed by atoms with Crippen LogP contribution in [0.2, 0.25) is 0 Å². The van der Waals surface area contributed by atoms with Crippen LogP contribution < -0.4 is 10.6 Å². The van der Waals surface area contributed by atoms with Gasteiger partial charge in [0, 0.05) is 50.7 Å². The lowest BCUT2D eigenvalue weighted by atomic mass is 9.56. The SMILES string of the molecule is CN=C(NC1CCN(C(=O)C2CCCCC2)C1)NC1CC(C)(OC)C1(C)C.I. The van der Waals surface area contributed by atoms with Crippen LogP contribution in [0.3, 0.4) is 0 Å². The molecule has 3 unspecified atom stereocenters. The third kappa shape index (κ3) is 4.60. The first-order valence-electron chi connectivity index (χ1n) is 10.6. The molecule has 3 fully saturated rings. The molecule has 0 aromatic rings. The predicted molar refractivity (Wildman–Crippen MR) is 124 cm³/mol. The highest BCUT2D eigenvalue weighted by molar-refractivity contribution is 14.0. The maximum Gasteiger partial charge on any atom is 0.225 e. The molecule has 0 aromatic heterocycles. The van der Waals surface area contributed by atoms with Crippen molar-refractivity contribution in [3.05, 3.63) is 0 Å². The molecule has 6 nitrogen and oxygen atoms in total. The van der Waals surface area contributed by atoms with E-state index in [-0.39, 0.29) is 47.0 Å². The van der Waals surface area contributed by atoms with E-state index in [1.54, 1.807) is 7.11 Å². The number of halogens is 1. The highest BCUT2D eigenvalue weighted by atomic mass is 127. The van der Waals surface area contributed by atoms with Gasteiger partial charge in [0.05, 0.1) is 5.60 Å². The summed E-state index contributed by atoms with van der Waals surface area (Å²) >= 11 is 0. The van der Waals surface area contributed by atoms with Crippen LogP contribution in [0.5, 0.6) is 0 Å². The standard InChI is InChI=1S/C21H38N4O2.HI/c1-20(2)17(13-21(20,3)27-5)24-19(22-4)23-16-11-12-25(14-16)18(26)15-9-7-6-8-10-15;/h15-17H,6-14H2,1-5H3,(H2,22,23,24);1H. The first kappa shape index (κ1) is 23.7. The molecule has 1 saturated heterocycles. The summed E-state index contributed by atoms with van der Waals surface area (Å²) in [7, 11) is 3.61. The minimum absolute atomic E-state index is 0. The van der Waals surface area contributed by atoms with Crippen molar-refractivity contribution in [2.75, 3.05) is 27.2 Å². The average molecular weight is 506 g/mol. The van der Waals surface area contributed by atoms with Crippen LogP contribution in [0, 0.1) is 11.3 Å². The Labute approximate surface area is 187 Å². The smallest absolute Gasteiger partial charge is 0.225 e. The summed E-state index contributed by atoms with van der Waals surface area (Å²) in [5, 5.41) is 7.11. The Hall–Kier alpha value is -0.570. The van der Waals surface area contributed by atoms with E-state index in [4.69, 9.17) is 4.74 Å². The van der Waals surface area contributed by atoms with E-state index in [0.29, 0.717) is 11.9 Å². The fraction of sp³-hybridized carbons (Fsp3) is 0.905. The van der Waals surface area contributed by atoms with Gasteiger partial charge >= 0.3 is 0 Å².